The number of nitrogens with one attached hydrogen (secondary N) is 1. The van der Waals surface area contributed by atoms with E-state index in [1.807, 2.05) is 0 Å². The molecule has 190 valence electrons. The highest BCUT2D eigenvalue weighted by Crippen LogP contribution is 2.50. The molecule has 3 aliphatic rings. The Morgan fingerprint density at radius 2 is 1.74 bits per heavy atom. The number of hydrogen-bond acceptors (Lipinski definition) is 1. The average Bonchev–Trinajstić information content (AvgIpc) is 3.49. The van der Waals surface area contributed by atoms with Gasteiger partial charge in [0.15, 0.2) is 0 Å². The Kier molecular flexibility index (Phi) is 6.62. The third-order valence-corrected chi connectivity index (χ3v) is 9.43. The number of amides is 1. The number of benzene rings is 1. The lowest BCUT2D eigenvalue weighted by molar-refractivity contribution is 0.0916. The van der Waals surface area contributed by atoms with E-state index in [0.29, 0.717) is 22.5 Å². The van der Waals surface area contributed by atoms with Gasteiger partial charge in [0.2, 0.25) is 0 Å². The molecule has 0 radical (unpaired) electrons. The van der Waals surface area contributed by atoms with E-state index < -0.39 is 0 Å². The molecule has 0 aliphatic heterocycles. The van der Waals surface area contributed by atoms with Gasteiger partial charge in [-0.05, 0) is 91.9 Å². The molecule has 35 heavy (non-hydrogen) atoms. The number of carbonyl (C=O) groups excluding carboxylic acids is 1. The van der Waals surface area contributed by atoms with Gasteiger partial charge in [-0.1, -0.05) is 64.6 Å². The highest BCUT2D eigenvalue weighted by atomic mass is 35.5. The van der Waals surface area contributed by atoms with Gasteiger partial charge in [0.1, 0.15) is 0 Å². The van der Waals surface area contributed by atoms with Crippen molar-refractivity contribution in [3.63, 3.8) is 0 Å². The number of carbonyl (C=O) groups is 1. The van der Waals surface area contributed by atoms with Crippen molar-refractivity contribution in [1.82, 2.24) is 9.88 Å². The summed E-state index contributed by atoms with van der Waals surface area (Å²) in [6.45, 7) is 12.3. The van der Waals surface area contributed by atoms with Crippen LogP contribution in [0.1, 0.15) is 119 Å². The first-order chi connectivity index (χ1) is 16.6. The van der Waals surface area contributed by atoms with E-state index in [1.165, 1.54) is 68.1 Å². The number of aromatic nitrogens is 1. The Morgan fingerprint density at radius 1 is 1.06 bits per heavy atom. The average molecular weight is 495 g/mol. The van der Waals surface area contributed by atoms with Gasteiger partial charge in [-0.2, -0.15) is 0 Å². The van der Waals surface area contributed by atoms with Crippen molar-refractivity contribution >= 4 is 17.5 Å². The van der Waals surface area contributed by atoms with Crippen molar-refractivity contribution in [3.05, 3.63) is 45.6 Å². The molecule has 1 amide bonds. The van der Waals surface area contributed by atoms with E-state index in [2.05, 4.69) is 62.7 Å². The zero-order valence-electron chi connectivity index (χ0n) is 22.4. The van der Waals surface area contributed by atoms with Gasteiger partial charge in [0.25, 0.3) is 5.91 Å². The van der Waals surface area contributed by atoms with Gasteiger partial charge < -0.3 is 9.88 Å². The number of rotatable bonds is 6. The molecule has 1 aromatic heterocycles. The monoisotopic (exact) mass is 494 g/mol. The van der Waals surface area contributed by atoms with Gasteiger partial charge in [0.05, 0.1) is 16.3 Å². The van der Waals surface area contributed by atoms with Crippen LogP contribution in [0.15, 0.2) is 18.2 Å². The van der Waals surface area contributed by atoms with Crippen LogP contribution in [0.25, 0.3) is 11.3 Å². The fourth-order valence-electron chi connectivity index (χ4n) is 5.93. The van der Waals surface area contributed by atoms with Crippen molar-refractivity contribution in [2.24, 2.45) is 5.92 Å². The molecule has 3 nitrogen and oxygen atoms in total. The molecule has 3 aliphatic carbocycles. The highest BCUT2D eigenvalue weighted by molar-refractivity contribution is 6.36. The Morgan fingerprint density at radius 3 is 2.31 bits per heavy atom. The lowest BCUT2D eigenvalue weighted by Gasteiger charge is -2.26. The van der Waals surface area contributed by atoms with E-state index >= 15 is 0 Å². The molecule has 0 bridgehead atoms. The molecule has 0 atom stereocenters. The molecule has 3 fully saturated rings. The quantitative estimate of drug-likeness (QED) is 0.430. The zero-order valence-corrected chi connectivity index (χ0v) is 23.2. The topological polar surface area (TPSA) is 34.0 Å². The van der Waals surface area contributed by atoms with Crippen molar-refractivity contribution in [2.75, 3.05) is 0 Å². The van der Waals surface area contributed by atoms with E-state index in [-0.39, 0.29) is 16.7 Å². The molecule has 0 spiro atoms. The number of hydrogen-bond donors (Lipinski definition) is 1. The Bertz CT molecular complexity index is 1080. The van der Waals surface area contributed by atoms with E-state index in [0.717, 1.165) is 30.8 Å². The predicted molar refractivity (Wildman–Crippen MR) is 147 cm³/mol. The molecular formula is C31H43ClN2O. The minimum absolute atomic E-state index is 0.00204. The van der Waals surface area contributed by atoms with Crippen molar-refractivity contribution in [2.45, 2.75) is 122 Å². The van der Waals surface area contributed by atoms with Gasteiger partial charge in [-0.3, -0.25) is 4.79 Å². The lowest BCUT2D eigenvalue weighted by Crippen LogP contribution is -2.39. The third-order valence-electron chi connectivity index (χ3n) is 9.07. The van der Waals surface area contributed by atoms with E-state index in [4.69, 9.17) is 11.6 Å². The normalized spacial score (nSPS) is 20.5. The smallest absolute Gasteiger partial charge is 0.254 e. The van der Waals surface area contributed by atoms with Crippen LogP contribution in [0.2, 0.25) is 5.02 Å². The van der Waals surface area contributed by atoms with Crippen molar-refractivity contribution in [3.8, 4) is 11.3 Å². The molecule has 1 heterocycles. The fraction of sp³-hybridized carbons (Fsp3) is 0.645. The summed E-state index contributed by atoms with van der Waals surface area (Å²) in [5, 5.41) is 3.89. The molecule has 0 unspecified atom stereocenters. The Labute approximate surface area is 217 Å². The molecule has 0 saturated heterocycles. The van der Waals surface area contributed by atoms with Crippen LogP contribution in [0.3, 0.4) is 0 Å². The molecular weight excluding hydrogens is 452 g/mol. The van der Waals surface area contributed by atoms with Crippen molar-refractivity contribution in [1.29, 1.82) is 0 Å². The van der Waals surface area contributed by atoms with Crippen LogP contribution in [0, 0.1) is 12.8 Å². The van der Waals surface area contributed by atoms with Crippen molar-refractivity contribution < 1.29 is 4.79 Å². The van der Waals surface area contributed by atoms with Gasteiger partial charge >= 0.3 is 0 Å². The summed E-state index contributed by atoms with van der Waals surface area (Å²) in [4.78, 5) is 13.4. The molecule has 2 aromatic rings. The first-order valence-corrected chi connectivity index (χ1v) is 14.3. The summed E-state index contributed by atoms with van der Waals surface area (Å²) in [6.07, 6.45) is 12.3. The highest BCUT2D eigenvalue weighted by Gasteiger charge is 2.40. The van der Waals surface area contributed by atoms with Crippen LogP contribution >= 0.6 is 11.6 Å². The standard InChI is InChI=1S/C31H43ClN2O/c1-20-26(29(35)33-25-12-9-13-25)27(32)28(34(20)19-21-10-7-6-8-11-21)22-16-23(30(2,3)4)18-24(17-22)31(5)14-15-31/h16-18,21,25H,6-15,19H2,1-5H3,(H,33,35). The summed E-state index contributed by atoms with van der Waals surface area (Å²) in [5.74, 6) is 0.653. The summed E-state index contributed by atoms with van der Waals surface area (Å²) in [7, 11) is 0. The van der Waals surface area contributed by atoms with E-state index in [1.54, 1.807) is 0 Å². The summed E-state index contributed by atoms with van der Waals surface area (Å²) >= 11 is 7.19. The maximum Gasteiger partial charge on any atom is 0.254 e. The minimum Gasteiger partial charge on any atom is -0.349 e. The summed E-state index contributed by atoms with van der Waals surface area (Å²) < 4.78 is 2.40. The Hall–Kier alpha value is -1.74. The van der Waals surface area contributed by atoms with Crippen LogP contribution in [-0.4, -0.2) is 16.5 Å². The first kappa shape index (κ1) is 24.9. The maximum absolute atomic E-state index is 13.4. The SMILES string of the molecule is Cc1c(C(=O)NC2CCC2)c(Cl)c(-c2cc(C(C)(C)C)cc(C3(C)CC3)c2)n1CC1CCCCC1. The molecule has 3 saturated carbocycles. The molecule has 1 N–H and O–H groups in total. The third kappa shape index (κ3) is 4.95. The largest absolute Gasteiger partial charge is 0.349 e. The van der Waals surface area contributed by atoms with Gasteiger partial charge in [-0.15, -0.1) is 0 Å². The maximum atomic E-state index is 13.4. The molecule has 5 rings (SSSR count). The van der Waals surface area contributed by atoms with Crippen LogP contribution < -0.4 is 5.32 Å². The minimum atomic E-state index is 0.00204. The second kappa shape index (κ2) is 9.29. The van der Waals surface area contributed by atoms with Gasteiger partial charge in [0, 0.05) is 23.8 Å². The molecule has 1 aromatic carbocycles. The summed E-state index contributed by atoms with van der Waals surface area (Å²) in [6, 6.07) is 7.42. The first-order valence-electron chi connectivity index (χ1n) is 13.9. The zero-order chi connectivity index (χ0) is 25.0. The fourth-order valence-corrected chi connectivity index (χ4v) is 6.37. The number of nitrogens with zero attached hydrogens (tertiary/aromatic N) is 1. The van der Waals surface area contributed by atoms with Crippen LogP contribution in [0.4, 0.5) is 0 Å². The van der Waals surface area contributed by atoms with Crippen LogP contribution in [-0.2, 0) is 17.4 Å². The second-order valence-corrected chi connectivity index (χ2v) is 13.3. The number of halogens is 1. The lowest BCUT2D eigenvalue weighted by atomic mass is 9.82. The second-order valence-electron chi connectivity index (χ2n) is 12.9. The van der Waals surface area contributed by atoms with Crippen LogP contribution in [0.5, 0.6) is 0 Å². The Balaban J connectivity index is 1.64. The van der Waals surface area contributed by atoms with Gasteiger partial charge in [-0.25, -0.2) is 0 Å². The predicted octanol–water partition coefficient (Wildman–Crippen LogP) is 8.33. The summed E-state index contributed by atoms with van der Waals surface area (Å²) in [5.41, 5.74) is 7.00. The molecule has 4 heteroatoms. The van der Waals surface area contributed by atoms with E-state index in [9.17, 15) is 4.79 Å².